The number of carbonyl (C=O) groups is 1. The zero-order valence-corrected chi connectivity index (χ0v) is 12.8. The van der Waals surface area contributed by atoms with E-state index < -0.39 is 0 Å². The highest BCUT2D eigenvalue weighted by Gasteiger charge is 2.59. The summed E-state index contributed by atoms with van der Waals surface area (Å²) in [5, 5.41) is 6.01. The van der Waals surface area contributed by atoms with Crippen molar-refractivity contribution in [2.45, 2.75) is 45.9 Å². The Bertz CT molecular complexity index is 527. The summed E-state index contributed by atoms with van der Waals surface area (Å²) in [6, 6.07) is 4.02. The van der Waals surface area contributed by atoms with Crippen molar-refractivity contribution in [3.8, 4) is 0 Å². The van der Waals surface area contributed by atoms with Gasteiger partial charge >= 0.3 is 6.03 Å². The Morgan fingerprint density at radius 2 is 2.29 bits per heavy atom. The van der Waals surface area contributed by atoms with E-state index in [0.717, 1.165) is 24.3 Å². The lowest BCUT2D eigenvalue weighted by molar-refractivity contribution is -0.108. The summed E-state index contributed by atoms with van der Waals surface area (Å²) in [5.74, 6) is 0.465. The van der Waals surface area contributed by atoms with Gasteiger partial charge in [0.2, 0.25) is 0 Å². The summed E-state index contributed by atoms with van der Waals surface area (Å²) in [4.78, 5) is 16.3. The molecule has 0 bridgehead atoms. The average molecular weight is 289 g/mol. The molecule has 5 nitrogen and oxygen atoms in total. The number of urea groups is 1. The molecule has 5 heteroatoms. The molecule has 2 heterocycles. The van der Waals surface area contributed by atoms with Crippen LogP contribution < -0.4 is 10.6 Å². The zero-order chi connectivity index (χ0) is 15.0. The summed E-state index contributed by atoms with van der Waals surface area (Å²) in [7, 11) is 0. The molecule has 114 valence electrons. The molecule has 0 unspecified atom stereocenters. The summed E-state index contributed by atoms with van der Waals surface area (Å²) in [6.07, 6.45) is 3.13. The van der Waals surface area contributed by atoms with Crippen LogP contribution in [0.5, 0.6) is 0 Å². The molecule has 0 radical (unpaired) electrons. The second-order valence-corrected chi connectivity index (χ2v) is 6.68. The van der Waals surface area contributed by atoms with Crippen LogP contribution in [-0.4, -0.2) is 29.8 Å². The molecule has 21 heavy (non-hydrogen) atoms. The molecule has 2 N–H and O–H groups in total. The minimum atomic E-state index is -0.112. The molecule has 3 atom stereocenters. The summed E-state index contributed by atoms with van der Waals surface area (Å²) >= 11 is 0. The van der Waals surface area contributed by atoms with E-state index in [1.54, 1.807) is 6.20 Å². The number of aromatic nitrogens is 1. The minimum absolute atomic E-state index is 0.0178. The highest BCUT2D eigenvalue weighted by molar-refractivity contribution is 5.74. The van der Waals surface area contributed by atoms with Gasteiger partial charge in [0.1, 0.15) is 0 Å². The van der Waals surface area contributed by atoms with Crippen molar-refractivity contribution in [2.24, 2.45) is 11.3 Å². The first-order chi connectivity index (χ1) is 9.98. The Morgan fingerprint density at radius 3 is 3.00 bits per heavy atom. The molecule has 0 aromatic carbocycles. The molecular formula is C16H23N3O2. The SMILES string of the molecule is Cc1ccc(CNC(=O)N[C@@H]2[C@@H]3CCO[C@H]3C2(C)C)cn1. The van der Waals surface area contributed by atoms with Crippen LogP contribution in [0, 0.1) is 18.3 Å². The third-order valence-electron chi connectivity index (χ3n) is 4.81. The fourth-order valence-corrected chi connectivity index (χ4v) is 3.59. The lowest BCUT2D eigenvalue weighted by Gasteiger charge is -2.54. The quantitative estimate of drug-likeness (QED) is 0.894. The number of carbonyl (C=O) groups excluding carboxylic acids is 1. The number of hydrogen-bond acceptors (Lipinski definition) is 3. The van der Waals surface area contributed by atoms with E-state index in [2.05, 4.69) is 29.5 Å². The normalized spacial score (nSPS) is 29.4. The summed E-state index contributed by atoms with van der Waals surface area (Å²) < 4.78 is 5.74. The minimum Gasteiger partial charge on any atom is -0.377 e. The molecule has 0 spiro atoms. The first kappa shape index (κ1) is 14.3. The van der Waals surface area contributed by atoms with Gasteiger partial charge in [-0.1, -0.05) is 19.9 Å². The van der Waals surface area contributed by atoms with Crippen molar-refractivity contribution in [2.75, 3.05) is 6.61 Å². The Hall–Kier alpha value is -1.62. The average Bonchev–Trinajstić information content (AvgIpc) is 2.91. The van der Waals surface area contributed by atoms with Crippen LogP contribution in [0.15, 0.2) is 18.3 Å². The van der Waals surface area contributed by atoms with Crippen LogP contribution >= 0.6 is 0 Å². The number of fused-ring (bicyclic) bond motifs is 1. The Kier molecular flexibility index (Phi) is 3.61. The maximum Gasteiger partial charge on any atom is 0.315 e. The van der Waals surface area contributed by atoms with E-state index in [1.807, 2.05) is 19.1 Å². The number of rotatable bonds is 3. The van der Waals surface area contributed by atoms with E-state index in [-0.39, 0.29) is 17.5 Å². The largest absolute Gasteiger partial charge is 0.377 e. The van der Waals surface area contributed by atoms with E-state index in [1.165, 1.54) is 0 Å². The molecule has 3 rings (SSSR count). The number of pyridine rings is 1. The van der Waals surface area contributed by atoms with Crippen molar-refractivity contribution in [3.05, 3.63) is 29.6 Å². The van der Waals surface area contributed by atoms with Crippen molar-refractivity contribution in [1.29, 1.82) is 0 Å². The smallest absolute Gasteiger partial charge is 0.315 e. The maximum absolute atomic E-state index is 12.1. The zero-order valence-electron chi connectivity index (χ0n) is 12.8. The van der Waals surface area contributed by atoms with Gasteiger partial charge in [-0.15, -0.1) is 0 Å². The van der Waals surface area contributed by atoms with Gasteiger partial charge in [-0.05, 0) is 25.0 Å². The molecule has 2 fully saturated rings. The third-order valence-corrected chi connectivity index (χ3v) is 4.81. The van der Waals surface area contributed by atoms with Crippen molar-refractivity contribution in [1.82, 2.24) is 15.6 Å². The van der Waals surface area contributed by atoms with Gasteiger partial charge in [-0.2, -0.15) is 0 Å². The molecule has 2 amide bonds. The topological polar surface area (TPSA) is 63.2 Å². The summed E-state index contributed by atoms with van der Waals surface area (Å²) in [6.45, 7) is 7.58. The first-order valence-corrected chi connectivity index (χ1v) is 7.56. The van der Waals surface area contributed by atoms with Crippen LogP contribution in [-0.2, 0) is 11.3 Å². The number of aryl methyl sites for hydroxylation is 1. The lowest BCUT2D eigenvalue weighted by Crippen LogP contribution is -2.67. The van der Waals surface area contributed by atoms with Gasteiger partial charge in [-0.25, -0.2) is 4.79 Å². The Balaban J connectivity index is 1.51. The van der Waals surface area contributed by atoms with Crippen LogP contribution in [0.2, 0.25) is 0 Å². The monoisotopic (exact) mass is 289 g/mol. The highest BCUT2D eigenvalue weighted by atomic mass is 16.5. The van der Waals surface area contributed by atoms with E-state index in [9.17, 15) is 4.79 Å². The highest BCUT2D eigenvalue weighted by Crippen LogP contribution is 2.51. The van der Waals surface area contributed by atoms with E-state index >= 15 is 0 Å². The number of hydrogen-bond donors (Lipinski definition) is 2. The molecule has 1 aromatic rings. The van der Waals surface area contributed by atoms with Crippen molar-refractivity contribution < 1.29 is 9.53 Å². The van der Waals surface area contributed by atoms with Gasteiger partial charge in [-0.3, -0.25) is 4.98 Å². The Morgan fingerprint density at radius 1 is 1.48 bits per heavy atom. The molecule has 1 aliphatic carbocycles. The second kappa shape index (κ2) is 5.30. The number of ether oxygens (including phenoxy) is 1. The predicted octanol–water partition coefficient (Wildman–Crippen LogP) is 2.00. The summed E-state index contributed by atoms with van der Waals surface area (Å²) in [5.41, 5.74) is 2.00. The number of nitrogens with one attached hydrogen (secondary N) is 2. The van der Waals surface area contributed by atoms with Crippen LogP contribution in [0.1, 0.15) is 31.5 Å². The molecule has 1 saturated heterocycles. The molecule has 1 saturated carbocycles. The molecular weight excluding hydrogens is 266 g/mol. The van der Waals surface area contributed by atoms with Crippen LogP contribution in [0.25, 0.3) is 0 Å². The molecule has 1 aliphatic heterocycles. The second-order valence-electron chi connectivity index (χ2n) is 6.68. The van der Waals surface area contributed by atoms with Gasteiger partial charge in [0.15, 0.2) is 0 Å². The third kappa shape index (κ3) is 2.62. The Labute approximate surface area is 125 Å². The van der Waals surface area contributed by atoms with E-state index in [0.29, 0.717) is 18.6 Å². The molecule has 1 aromatic heterocycles. The lowest BCUT2D eigenvalue weighted by atomic mass is 9.57. The number of nitrogens with zero attached hydrogens (tertiary/aromatic N) is 1. The first-order valence-electron chi connectivity index (χ1n) is 7.56. The van der Waals surface area contributed by atoms with E-state index in [4.69, 9.17) is 4.74 Å². The molecule has 2 aliphatic rings. The van der Waals surface area contributed by atoms with Crippen LogP contribution in [0.3, 0.4) is 0 Å². The fraction of sp³-hybridized carbons (Fsp3) is 0.625. The van der Waals surface area contributed by atoms with Crippen molar-refractivity contribution >= 4 is 6.03 Å². The van der Waals surface area contributed by atoms with Gasteiger partial charge in [0.25, 0.3) is 0 Å². The maximum atomic E-state index is 12.1. The van der Waals surface area contributed by atoms with Gasteiger partial charge < -0.3 is 15.4 Å². The fourth-order valence-electron chi connectivity index (χ4n) is 3.59. The van der Waals surface area contributed by atoms with Gasteiger partial charge in [0.05, 0.1) is 6.10 Å². The predicted molar refractivity (Wildman–Crippen MR) is 79.8 cm³/mol. The van der Waals surface area contributed by atoms with Gasteiger partial charge in [0, 0.05) is 42.4 Å². The number of amides is 2. The van der Waals surface area contributed by atoms with Crippen molar-refractivity contribution in [3.63, 3.8) is 0 Å². The van der Waals surface area contributed by atoms with Crippen LogP contribution in [0.4, 0.5) is 4.79 Å². The standard InChI is InChI=1S/C16H23N3O2/c1-10-4-5-11(8-17-10)9-18-15(20)19-13-12-6-7-21-14(12)16(13,2)3/h4-5,8,12-14H,6-7,9H2,1-3H3,(H2,18,19,20)/t12-,13+,14+/m0/s1.